The molecular formula is C20H18F2N8O2S. The van der Waals surface area contributed by atoms with Crippen LogP contribution in [0.3, 0.4) is 0 Å². The maximum Gasteiger partial charge on any atom is 0.235 e. The molecule has 0 aliphatic heterocycles. The van der Waals surface area contributed by atoms with Crippen LogP contribution in [-0.4, -0.2) is 43.7 Å². The molecule has 1 aliphatic carbocycles. The smallest absolute Gasteiger partial charge is 0.235 e. The first kappa shape index (κ1) is 21.1. The largest absolute Gasteiger partial charge is 0.333 e. The van der Waals surface area contributed by atoms with Crippen LogP contribution in [0.1, 0.15) is 18.5 Å². The summed E-state index contributed by atoms with van der Waals surface area (Å²) in [7, 11) is -3.76. The summed E-state index contributed by atoms with van der Waals surface area (Å²) >= 11 is 0. The molecule has 1 saturated carbocycles. The van der Waals surface area contributed by atoms with Gasteiger partial charge in [0.1, 0.15) is 35.2 Å². The molecule has 10 nitrogen and oxygen atoms in total. The second-order valence-corrected chi connectivity index (χ2v) is 9.55. The van der Waals surface area contributed by atoms with E-state index in [4.69, 9.17) is 0 Å². The fraction of sp³-hybridized carbons (Fsp3) is 0.250. The number of anilines is 3. The highest BCUT2D eigenvalue weighted by atomic mass is 32.2. The van der Waals surface area contributed by atoms with Gasteiger partial charge in [0.2, 0.25) is 16.0 Å². The van der Waals surface area contributed by atoms with E-state index in [1.54, 1.807) is 10.8 Å². The highest BCUT2D eigenvalue weighted by Gasteiger charge is 2.29. The lowest BCUT2D eigenvalue weighted by atomic mass is 10.2. The van der Waals surface area contributed by atoms with Crippen molar-refractivity contribution < 1.29 is 17.2 Å². The van der Waals surface area contributed by atoms with Crippen molar-refractivity contribution in [3.05, 3.63) is 54.5 Å². The van der Waals surface area contributed by atoms with Crippen molar-refractivity contribution in [2.75, 3.05) is 15.8 Å². The fourth-order valence-electron chi connectivity index (χ4n) is 3.26. The molecule has 5 rings (SSSR count). The number of sulfonamides is 1. The summed E-state index contributed by atoms with van der Waals surface area (Å²) in [6, 6.07) is 2.01. The van der Waals surface area contributed by atoms with Gasteiger partial charge in [-0.2, -0.15) is 0 Å². The Morgan fingerprint density at radius 1 is 1.15 bits per heavy atom. The number of nitrogens with one attached hydrogen (secondary N) is 2. The normalized spacial score (nSPS) is 13.9. The Balaban J connectivity index is 1.51. The highest BCUT2D eigenvalue weighted by molar-refractivity contribution is 7.92. The molecular weight excluding hydrogens is 454 g/mol. The number of fused-ring (bicyclic) bond motifs is 1. The Labute approximate surface area is 187 Å². The van der Waals surface area contributed by atoms with Gasteiger partial charge in [-0.05, 0) is 37.8 Å². The first-order chi connectivity index (χ1) is 15.8. The predicted molar refractivity (Wildman–Crippen MR) is 117 cm³/mol. The van der Waals surface area contributed by atoms with Gasteiger partial charge in [-0.25, -0.2) is 42.1 Å². The third-order valence-electron chi connectivity index (χ3n) is 5.06. The molecule has 1 aliphatic rings. The second kappa shape index (κ2) is 7.99. The first-order valence-corrected chi connectivity index (χ1v) is 11.7. The van der Waals surface area contributed by atoms with Crippen LogP contribution in [0.15, 0.2) is 37.2 Å². The minimum atomic E-state index is -3.76. The molecule has 3 heterocycles. The van der Waals surface area contributed by atoms with Crippen LogP contribution in [0.4, 0.5) is 26.0 Å². The zero-order valence-corrected chi connectivity index (χ0v) is 18.1. The van der Waals surface area contributed by atoms with Crippen LogP contribution in [0, 0.1) is 24.5 Å². The maximum absolute atomic E-state index is 15.1. The molecule has 0 unspecified atom stereocenters. The summed E-state index contributed by atoms with van der Waals surface area (Å²) in [4.78, 5) is 20.9. The Morgan fingerprint density at radius 2 is 1.97 bits per heavy atom. The fourth-order valence-corrected chi connectivity index (χ4v) is 4.79. The van der Waals surface area contributed by atoms with E-state index in [2.05, 4.69) is 35.0 Å². The third-order valence-corrected chi connectivity index (χ3v) is 6.50. The lowest BCUT2D eigenvalue weighted by Gasteiger charge is -2.14. The number of benzene rings is 1. The minimum Gasteiger partial charge on any atom is -0.333 e. The number of aryl methyl sites for hydroxylation is 1. The molecule has 170 valence electrons. The van der Waals surface area contributed by atoms with E-state index in [-0.39, 0.29) is 34.6 Å². The van der Waals surface area contributed by atoms with Crippen molar-refractivity contribution in [2.45, 2.75) is 19.8 Å². The van der Waals surface area contributed by atoms with E-state index in [9.17, 15) is 12.8 Å². The van der Waals surface area contributed by atoms with Crippen molar-refractivity contribution in [1.82, 2.24) is 29.5 Å². The lowest BCUT2D eigenvalue weighted by Crippen LogP contribution is -2.19. The van der Waals surface area contributed by atoms with E-state index in [0.29, 0.717) is 5.52 Å². The highest BCUT2D eigenvalue weighted by Crippen LogP contribution is 2.33. The topological polar surface area (TPSA) is 128 Å². The summed E-state index contributed by atoms with van der Waals surface area (Å²) in [6.45, 7) is 1.81. The SMILES string of the molecule is Cc1cn(-c2ncc3ncnc(Nc4c(F)ccc(NS(=O)(=O)CC5CC5)c4F)c3n2)cn1. The zero-order valence-electron chi connectivity index (χ0n) is 17.3. The van der Waals surface area contributed by atoms with Gasteiger partial charge < -0.3 is 5.32 Å². The third kappa shape index (κ3) is 4.44. The number of imidazole rings is 1. The van der Waals surface area contributed by atoms with Crippen LogP contribution in [0.25, 0.3) is 17.0 Å². The molecule has 0 atom stereocenters. The minimum absolute atomic E-state index is 0.0243. The summed E-state index contributed by atoms with van der Waals surface area (Å²) in [5.74, 6) is -1.76. The van der Waals surface area contributed by atoms with E-state index < -0.39 is 27.3 Å². The predicted octanol–water partition coefficient (Wildman–Crippen LogP) is 3.09. The van der Waals surface area contributed by atoms with Crippen LogP contribution in [0.2, 0.25) is 0 Å². The number of hydrogen-bond acceptors (Lipinski definition) is 8. The van der Waals surface area contributed by atoms with Crippen molar-refractivity contribution in [1.29, 1.82) is 0 Å². The van der Waals surface area contributed by atoms with Gasteiger partial charge in [-0.15, -0.1) is 0 Å². The molecule has 2 N–H and O–H groups in total. The number of rotatable bonds is 7. The van der Waals surface area contributed by atoms with Gasteiger partial charge in [-0.1, -0.05) is 0 Å². The first-order valence-electron chi connectivity index (χ1n) is 10.0. The standard InChI is InChI=1S/C20H18F2N8O2S/c1-11-7-30(10-26-11)20-23-6-15-18(28-20)19(25-9-24-15)27-17-13(21)4-5-14(16(17)22)29-33(31,32)8-12-2-3-12/h4-7,9-10,12,29H,2-3,8H2,1H3,(H,24,25,27). The van der Waals surface area contributed by atoms with Crippen molar-refractivity contribution >= 4 is 38.2 Å². The van der Waals surface area contributed by atoms with Crippen molar-refractivity contribution in [3.8, 4) is 5.95 Å². The molecule has 0 spiro atoms. The van der Waals surface area contributed by atoms with Gasteiger partial charge in [0.05, 0.1) is 23.3 Å². The molecule has 33 heavy (non-hydrogen) atoms. The molecule has 3 aromatic heterocycles. The molecule has 0 bridgehead atoms. The van der Waals surface area contributed by atoms with E-state index in [1.807, 2.05) is 6.92 Å². The average molecular weight is 472 g/mol. The van der Waals surface area contributed by atoms with Crippen LogP contribution in [0.5, 0.6) is 0 Å². The Bertz CT molecular complexity index is 1470. The Kier molecular flexibility index (Phi) is 5.12. The van der Waals surface area contributed by atoms with E-state index in [0.717, 1.165) is 30.7 Å². The monoisotopic (exact) mass is 472 g/mol. The van der Waals surface area contributed by atoms with Gasteiger partial charge in [-0.3, -0.25) is 9.29 Å². The Morgan fingerprint density at radius 3 is 2.70 bits per heavy atom. The van der Waals surface area contributed by atoms with Crippen LogP contribution < -0.4 is 10.0 Å². The molecule has 0 amide bonds. The number of nitrogens with zero attached hydrogens (tertiary/aromatic N) is 6. The number of hydrogen-bond donors (Lipinski definition) is 2. The summed E-state index contributed by atoms with van der Waals surface area (Å²) in [5.41, 5.74) is 0.386. The van der Waals surface area contributed by atoms with Crippen molar-refractivity contribution in [2.24, 2.45) is 5.92 Å². The van der Waals surface area contributed by atoms with Crippen LogP contribution in [-0.2, 0) is 10.0 Å². The summed E-state index contributed by atoms with van der Waals surface area (Å²) < 4.78 is 58.0. The molecule has 0 saturated heterocycles. The number of aromatic nitrogens is 6. The molecule has 1 aromatic carbocycles. The van der Waals surface area contributed by atoms with Gasteiger partial charge >= 0.3 is 0 Å². The molecule has 1 fully saturated rings. The second-order valence-electron chi connectivity index (χ2n) is 7.78. The Hall–Kier alpha value is -3.74. The average Bonchev–Trinajstić information content (AvgIpc) is 3.48. The maximum atomic E-state index is 15.1. The lowest BCUT2D eigenvalue weighted by molar-refractivity contribution is 0.587. The van der Waals surface area contributed by atoms with Gasteiger partial charge in [0.25, 0.3) is 0 Å². The molecule has 4 aromatic rings. The van der Waals surface area contributed by atoms with Crippen LogP contribution >= 0.6 is 0 Å². The van der Waals surface area contributed by atoms with E-state index >= 15 is 4.39 Å². The molecule has 0 radical (unpaired) electrons. The van der Waals surface area contributed by atoms with Crippen molar-refractivity contribution in [3.63, 3.8) is 0 Å². The van der Waals surface area contributed by atoms with E-state index in [1.165, 1.54) is 18.9 Å². The summed E-state index contributed by atoms with van der Waals surface area (Å²) in [6.07, 6.45) is 7.55. The van der Waals surface area contributed by atoms with Gasteiger partial charge in [0.15, 0.2) is 11.6 Å². The molecule has 13 heteroatoms. The zero-order chi connectivity index (χ0) is 23.2. The number of halogens is 2. The summed E-state index contributed by atoms with van der Waals surface area (Å²) in [5, 5.41) is 2.60. The quantitative estimate of drug-likeness (QED) is 0.420. The van der Waals surface area contributed by atoms with Gasteiger partial charge in [0, 0.05) is 6.20 Å².